The van der Waals surface area contributed by atoms with Crippen molar-refractivity contribution in [2.24, 2.45) is 17.8 Å². The van der Waals surface area contributed by atoms with Gasteiger partial charge in [-0.2, -0.15) is 5.26 Å². The van der Waals surface area contributed by atoms with Gasteiger partial charge in [0.05, 0.1) is 13.2 Å². The molecule has 1 saturated heterocycles. The molecule has 1 saturated carbocycles. The molecule has 2 aliphatic rings. The lowest BCUT2D eigenvalue weighted by Gasteiger charge is -2.32. The van der Waals surface area contributed by atoms with Crippen LogP contribution in [0.25, 0.3) is 0 Å². The van der Waals surface area contributed by atoms with Crippen molar-refractivity contribution in [2.45, 2.75) is 103 Å². The van der Waals surface area contributed by atoms with Crippen LogP contribution < -0.4 is 0 Å². The van der Waals surface area contributed by atoms with Crippen LogP contribution in [0.1, 0.15) is 114 Å². The number of hydrogen-bond donors (Lipinski definition) is 0. The SMILES string of the molecule is CCCCCCCCCC1CCC(CCC2COC(c3cc(F)c(C#N)c(F)c3)OC2)CC1. The maximum Gasteiger partial charge on any atom is 0.184 e. The van der Waals surface area contributed by atoms with E-state index in [1.807, 2.05) is 0 Å². The number of rotatable bonds is 12. The second-order valence-corrected chi connectivity index (χ2v) is 10.2. The zero-order chi connectivity index (χ0) is 23.5. The zero-order valence-corrected chi connectivity index (χ0v) is 20.3. The van der Waals surface area contributed by atoms with Crippen LogP contribution in [0.5, 0.6) is 0 Å². The van der Waals surface area contributed by atoms with Crippen LogP contribution >= 0.6 is 0 Å². The summed E-state index contributed by atoms with van der Waals surface area (Å²) < 4.78 is 39.3. The Labute approximate surface area is 198 Å². The predicted octanol–water partition coefficient (Wildman–Crippen LogP) is 8.23. The van der Waals surface area contributed by atoms with Crippen LogP contribution in [0.15, 0.2) is 12.1 Å². The predicted molar refractivity (Wildman–Crippen MR) is 127 cm³/mol. The highest BCUT2D eigenvalue weighted by molar-refractivity contribution is 5.35. The third kappa shape index (κ3) is 8.34. The zero-order valence-electron chi connectivity index (χ0n) is 20.3. The molecule has 0 bridgehead atoms. The molecule has 184 valence electrons. The van der Waals surface area contributed by atoms with E-state index >= 15 is 0 Å². The fourth-order valence-electron chi connectivity index (χ4n) is 5.41. The van der Waals surface area contributed by atoms with Crippen molar-refractivity contribution in [1.29, 1.82) is 5.26 Å². The van der Waals surface area contributed by atoms with Crippen LogP contribution in [0, 0.1) is 40.7 Å². The van der Waals surface area contributed by atoms with Crippen molar-refractivity contribution in [1.82, 2.24) is 0 Å². The van der Waals surface area contributed by atoms with Crippen molar-refractivity contribution in [2.75, 3.05) is 13.2 Å². The molecule has 1 heterocycles. The second-order valence-electron chi connectivity index (χ2n) is 10.2. The van der Waals surface area contributed by atoms with Crippen molar-refractivity contribution >= 4 is 0 Å². The Balaban J connectivity index is 1.27. The fraction of sp³-hybridized carbons (Fsp3) is 0.750. The minimum atomic E-state index is -0.871. The summed E-state index contributed by atoms with van der Waals surface area (Å²) in [5, 5.41) is 8.81. The summed E-state index contributed by atoms with van der Waals surface area (Å²) in [7, 11) is 0. The van der Waals surface area contributed by atoms with Gasteiger partial charge in [0, 0.05) is 11.5 Å². The molecule has 1 aromatic rings. The summed E-state index contributed by atoms with van der Waals surface area (Å²) in [6.45, 7) is 3.36. The molecule has 3 nitrogen and oxygen atoms in total. The summed E-state index contributed by atoms with van der Waals surface area (Å²) in [4.78, 5) is 0. The average Bonchev–Trinajstić information content (AvgIpc) is 2.83. The van der Waals surface area contributed by atoms with Gasteiger partial charge in [-0.15, -0.1) is 0 Å². The Morgan fingerprint density at radius 2 is 1.30 bits per heavy atom. The lowest BCUT2D eigenvalue weighted by molar-refractivity contribution is -0.206. The molecule has 1 aliphatic carbocycles. The van der Waals surface area contributed by atoms with Gasteiger partial charge in [0.15, 0.2) is 6.29 Å². The first kappa shape index (κ1) is 26.1. The highest BCUT2D eigenvalue weighted by atomic mass is 19.1. The molecule has 0 radical (unpaired) electrons. The van der Waals surface area contributed by atoms with Crippen molar-refractivity contribution < 1.29 is 18.3 Å². The molecule has 3 rings (SSSR count). The lowest BCUT2D eigenvalue weighted by atomic mass is 9.77. The molecule has 0 aromatic heterocycles. The summed E-state index contributed by atoms with van der Waals surface area (Å²) in [6, 6.07) is 3.81. The van der Waals surface area contributed by atoms with E-state index in [4.69, 9.17) is 14.7 Å². The Hall–Kier alpha value is -1.51. The van der Waals surface area contributed by atoms with E-state index in [1.54, 1.807) is 6.07 Å². The standard InChI is InChI=1S/C28H41F2NO2/c1-2-3-4-5-6-7-8-9-21-10-12-22(13-11-21)14-15-23-19-32-28(33-20-23)24-16-26(29)25(18-31)27(30)17-24/h16-17,21-23,28H,2-15,19-20H2,1H3. The molecule has 0 spiro atoms. The normalized spacial score (nSPS) is 25.6. The van der Waals surface area contributed by atoms with Crippen LogP contribution in [0.2, 0.25) is 0 Å². The molecule has 1 aromatic carbocycles. The topological polar surface area (TPSA) is 42.2 Å². The lowest BCUT2D eigenvalue weighted by Crippen LogP contribution is -2.28. The van der Waals surface area contributed by atoms with Crippen LogP contribution in [-0.4, -0.2) is 13.2 Å². The Morgan fingerprint density at radius 3 is 1.88 bits per heavy atom. The molecule has 0 N–H and O–H groups in total. The number of ether oxygens (including phenoxy) is 2. The van der Waals surface area contributed by atoms with E-state index in [9.17, 15) is 8.78 Å². The minimum absolute atomic E-state index is 0.293. The quantitative estimate of drug-likeness (QED) is 0.294. The van der Waals surface area contributed by atoms with Gasteiger partial charge in [-0.05, 0) is 30.4 Å². The molecule has 0 atom stereocenters. The second kappa shape index (κ2) is 14.0. The monoisotopic (exact) mass is 461 g/mol. The molecular weight excluding hydrogens is 420 g/mol. The number of nitriles is 1. The summed E-state index contributed by atoms with van der Waals surface area (Å²) in [6.07, 6.45) is 18.2. The Bertz CT molecular complexity index is 724. The van der Waals surface area contributed by atoms with E-state index in [2.05, 4.69) is 6.92 Å². The maximum absolute atomic E-state index is 13.9. The van der Waals surface area contributed by atoms with Gasteiger partial charge in [-0.3, -0.25) is 0 Å². The van der Waals surface area contributed by atoms with Gasteiger partial charge in [-0.1, -0.05) is 90.4 Å². The molecule has 1 aliphatic heterocycles. The van der Waals surface area contributed by atoms with E-state index in [-0.39, 0.29) is 0 Å². The highest BCUT2D eigenvalue weighted by Crippen LogP contribution is 2.36. The molecule has 0 unspecified atom stereocenters. The number of nitrogens with zero attached hydrogens (tertiary/aromatic N) is 1. The number of unbranched alkanes of at least 4 members (excludes halogenated alkanes) is 6. The summed E-state index contributed by atoms with van der Waals surface area (Å²) in [5.41, 5.74) is -0.272. The van der Waals surface area contributed by atoms with Crippen molar-refractivity contribution in [3.8, 4) is 6.07 Å². The first-order valence-corrected chi connectivity index (χ1v) is 13.2. The number of halogens is 2. The molecule has 5 heteroatoms. The van der Waals surface area contributed by atoms with Crippen LogP contribution in [0.3, 0.4) is 0 Å². The fourth-order valence-corrected chi connectivity index (χ4v) is 5.41. The van der Waals surface area contributed by atoms with E-state index in [0.29, 0.717) is 24.7 Å². The molecule has 0 amide bonds. The smallest absolute Gasteiger partial charge is 0.184 e. The number of benzene rings is 1. The van der Waals surface area contributed by atoms with Crippen molar-refractivity contribution in [3.63, 3.8) is 0 Å². The summed E-state index contributed by atoms with van der Waals surface area (Å²) >= 11 is 0. The van der Waals surface area contributed by atoms with Crippen LogP contribution in [-0.2, 0) is 9.47 Å². The average molecular weight is 462 g/mol. The third-order valence-corrected chi connectivity index (χ3v) is 7.58. The minimum Gasteiger partial charge on any atom is -0.348 e. The highest BCUT2D eigenvalue weighted by Gasteiger charge is 2.27. The van der Waals surface area contributed by atoms with E-state index in [1.165, 1.54) is 83.5 Å². The van der Waals surface area contributed by atoms with Gasteiger partial charge < -0.3 is 9.47 Å². The Morgan fingerprint density at radius 1 is 0.788 bits per heavy atom. The van der Waals surface area contributed by atoms with Crippen LogP contribution in [0.4, 0.5) is 8.78 Å². The molecule has 33 heavy (non-hydrogen) atoms. The first-order chi connectivity index (χ1) is 16.1. The van der Waals surface area contributed by atoms with Gasteiger partial charge in [-0.25, -0.2) is 8.78 Å². The molecular formula is C28H41F2NO2. The van der Waals surface area contributed by atoms with Gasteiger partial charge >= 0.3 is 0 Å². The maximum atomic E-state index is 13.9. The molecule has 2 fully saturated rings. The number of hydrogen-bond acceptors (Lipinski definition) is 3. The van der Waals surface area contributed by atoms with Gasteiger partial charge in [0.1, 0.15) is 23.3 Å². The van der Waals surface area contributed by atoms with Gasteiger partial charge in [0.2, 0.25) is 0 Å². The summed E-state index contributed by atoms with van der Waals surface area (Å²) in [5.74, 6) is 0.343. The van der Waals surface area contributed by atoms with Crippen molar-refractivity contribution in [3.05, 3.63) is 34.9 Å². The van der Waals surface area contributed by atoms with Gasteiger partial charge in [0.25, 0.3) is 0 Å². The largest absolute Gasteiger partial charge is 0.348 e. The van der Waals surface area contributed by atoms with E-state index < -0.39 is 23.5 Å². The third-order valence-electron chi connectivity index (χ3n) is 7.58. The first-order valence-electron chi connectivity index (χ1n) is 13.2. The van der Waals surface area contributed by atoms with E-state index in [0.717, 1.165) is 30.4 Å². The Kier molecular flexibility index (Phi) is 11.1.